The minimum atomic E-state index is -1.29. The lowest BCUT2D eigenvalue weighted by Crippen LogP contribution is -2.34. The minimum Gasteiger partial charge on any atom is -0.491 e. The van der Waals surface area contributed by atoms with Crippen LogP contribution in [0.1, 0.15) is 51.4 Å². The number of hydrogen-bond donors (Lipinski definition) is 5. The number of hydrogen-bond acceptors (Lipinski definition) is 6. The van der Waals surface area contributed by atoms with E-state index >= 15 is 0 Å². The highest BCUT2D eigenvalue weighted by atomic mass is 16.5. The summed E-state index contributed by atoms with van der Waals surface area (Å²) < 4.78 is 5.60. The number of nitrogens with one attached hydrogen (secondary N) is 2. The number of benzene rings is 2. The molecule has 0 aliphatic heterocycles. The molecular weight excluding hydrogens is 412 g/mol. The second-order valence-electron chi connectivity index (χ2n) is 8.50. The number of aromatic nitrogens is 1. The molecule has 1 aliphatic rings. The molecule has 2 aromatic carbocycles. The van der Waals surface area contributed by atoms with Crippen molar-refractivity contribution in [3.63, 3.8) is 0 Å². The monoisotopic (exact) mass is 438 g/mol. The van der Waals surface area contributed by atoms with Crippen LogP contribution < -0.4 is 10.1 Å². The molecule has 0 saturated carbocycles. The fourth-order valence-electron chi connectivity index (χ4n) is 4.20. The van der Waals surface area contributed by atoms with E-state index in [4.69, 9.17) is 9.84 Å². The van der Waals surface area contributed by atoms with Crippen molar-refractivity contribution in [2.75, 3.05) is 20.3 Å². The third-order valence-corrected chi connectivity index (χ3v) is 6.10. The number of aromatic amines is 1. The van der Waals surface area contributed by atoms with Gasteiger partial charge in [0.05, 0.1) is 12.2 Å². The maximum atomic E-state index is 13.4. The van der Waals surface area contributed by atoms with Gasteiger partial charge in [0.2, 0.25) is 0 Å². The summed E-state index contributed by atoms with van der Waals surface area (Å²) in [5, 5.41) is 31.6. The number of H-pyrrole nitrogens is 1. The van der Waals surface area contributed by atoms with E-state index in [2.05, 4.69) is 10.3 Å². The van der Waals surface area contributed by atoms with Crippen LogP contribution in [0.25, 0.3) is 10.9 Å². The molecule has 1 heterocycles. The number of amides is 1. The Hall–Kier alpha value is -3.20. The molecule has 0 saturated heterocycles. The molecule has 2 atom stereocenters. The summed E-state index contributed by atoms with van der Waals surface area (Å²) in [5.74, 6) is 0.120. The lowest BCUT2D eigenvalue weighted by atomic mass is 9.71. The molecular formula is C24H26N2O6. The molecule has 4 rings (SSSR count). The van der Waals surface area contributed by atoms with E-state index in [0.717, 1.165) is 16.6 Å². The van der Waals surface area contributed by atoms with Crippen LogP contribution >= 0.6 is 0 Å². The minimum absolute atomic E-state index is 0.115. The zero-order valence-electron chi connectivity index (χ0n) is 18.1. The highest BCUT2D eigenvalue weighted by molar-refractivity contribution is 6.20. The van der Waals surface area contributed by atoms with Crippen molar-refractivity contribution in [2.24, 2.45) is 0 Å². The Balaban J connectivity index is 1.74. The van der Waals surface area contributed by atoms with Crippen molar-refractivity contribution in [1.29, 1.82) is 0 Å². The summed E-state index contributed by atoms with van der Waals surface area (Å²) >= 11 is 0. The predicted octanol–water partition coefficient (Wildman–Crippen LogP) is 1.49. The first kappa shape index (κ1) is 22.0. The van der Waals surface area contributed by atoms with Gasteiger partial charge in [-0.05, 0) is 35.9 Å². The Morgan fingerprint density at radius 2 is 1.91 bits per heavy atom. The summed E-state index contributed by atoms with van der Waals surface area (Å²) in [6.45, 7) is 3.23. The predicted molar refractivity (Wildman–Crippen MR) is 118 cm³/mol. The topological polar surface area (TPSA) is 132 Å². The second-order valence-corrected chi connectivity index (χ2v) is 8.50. The number of aliphatic hydroxyl groups excluding tert-OH is 3. The van der Waals surface area contributed by atoms with E-state index < -0.39 is 24.2 Å². The maximum absolute atomic E-state index is 13.4. The van der Waals surface area contributed by atoms with Crippen LogP contribution in [0.3, 0.4) is 0 Å². The second kappa shape index (κ2) is 8.05. The Labute approximate surface area is 184 Å². The number of aliphatic hydroxyl groups is 3. The molecule has 0 unspecified atom stereocenters. The molecule has 1 aliphatic carbocycles. The third-order valence-electron chi connectivity index (χ3n) is 6.10. The van der Waals surface area contributed by atoms with Crippen molar-refractivity contribution in [1.82, 2.24) is 10.3 Å². The summed E-state index contributed by atoms with van der Waals surface area (Å²) in [7, 11) is 1.57. The van der Waals surface area contributed by atoms with Gasteiger partial charge in [-0.2, -0.15) is 0 Å². The summed E-state index contributed by atoms with van der Waals surface area (Å²) in [6, 6.07) is 10.3. The molecule has 8 nitrogen and oxygen atoms in total. The molecule has 8 heteroatoms. The van der Waals surface area contributed by atoms with Crippen LogP contribution in [0.15, 0.2) is 36.4 Å². The van der Waals surface area contributed by atoms with Crippen LogP contribution in [-0.2, 0) is 5.41 Å². The Kier molecular flexibility index (Phi) is 5.54. The number of fused-ring (bicyclic) bond motifs is 4. The average molecular weight is 438 g/mol. The number of rotatable bonds is 6. The van der Waals surface area contributed by atoms with Gasteiger partial charge < -0.3 is 30.4 Å². The molecule has 0 spiro atoms. The number of carbonyl (C=O) groups is 2. The van der Waals surface area contributed by atoms with Gasteiger partial charge >= 0.3 is 0 Å². The van der Waals surface area contributed by atoms with Crippen LogP contribution in [0.4, 0.5) is 0 Å². The van der Waals surface area contributed by atoms with Crippen molar-refractivity contribution in [3.05, 3.63) is 64.3 Å². The van der Waals surface area contributed by atoms with Crippen LogP contribution in [0.2, 0.25) is 0 Å². The molecule has 5 N–H and O–H groups in total. The van der Waals surface area contributed by atoms with Gasteiger partial charge in [0, 0.05) is 40.2 Å². The van der Waals surface area contributed by atoms with Gasteiger partial charge in [-0.1, -0.05) is 19.9 Å². The van der Waals surface area contributed by atoms with Gasteiger partial charge in [0.15, 0.2) is 5.78 Å². The van der Waals surface area contributed by atoms with Gasteiger partial charge in [-0.25, -0.2) is 0 Å². The van der Waals surface area contributed by atoms with E-state index in [1.165, 1.54) is 0 Å². The largest absolute Gasteiger partial charge is 0.491 e. The fraction of sp³-hybridized carbons (Fsp3) is 0.333. The number of ether oxygens (including phenoxy) is 1. The van der Waals surface area contributed by atoms with Crippen LogP contribution in [0, 0.1) is 0 Å². The van der Waals surface area contributed by atoms with E-state index in [1.54, 1.807) is 43.4 Å². The lowest BCUT2D eigenvalue weighted by molar-refractivity contribution is -0.0339. The highest BCUT2D eigenvalue weighted by Gasteiger charge is 2.40. The first-order chi connectivity index (χ1) is 15.2. The zero-order chi connectivity index (χ0) is 23.2. The quantitative estimate of drug-likeness (QED) is 0.396. The van der Waals surface area contributed by atoms with Gasteiger partial charge in [0.25, 0.3) is 5.91 Å². The van der Waals surface area contributed by atoms with Crippen molar-refractivity contribution in [3.8, 4) is 5.75 Å². The molecule has 168 valence electrons. The molecule has 1 aromatic heterocycles. The molecule has 3 aromatic rings. The van der Waals surface area contributed by atoms with Gasteiger partial charge in [-0.15, -0.1) is 0 Å². The highest BCUT2D eigenvalue weighted by Crippen LogP contribution is 2.44. The number of ketones is 1. The Morgan fingerprint density at radius 3 is 2.59 bits per heavy atom. The van der Waals surface area contributed by atoms with Gasteiger partial charge in [0.1, 0.15) is 24.6 Å². The van der Waals surface area contributed by atoms with E-state index in [0.29, 0.717) is 28.0 Å². The van der Waals surface area contributed by atoms with Crippen molar-refractivity contribution < 1.29 is 29.6 Å². The zero-order valence-corrected chi connectivity index (χ0v) is 18.1. The molecule has 1 amide bonds. The third kappa shape index (κ3) is 3.46. The molecule has 0 radical (unpaired) electrons. The smallest absolute Gasteiger partial charge is 0.251 e. The first-order valence-corrected chi connectivity index (χ1v) is 10.4. The summed E-state index contributed by atoms with van der Waals surface area (Å²) in [5.41, 5.74) is 3.32. The SMILES string of the molecule is CNC(=O)c1ccc2c3c([nH]c2c1)C(C)(C)c1cc(OC[C@@H](O)[C@H](O)CO)ccc1C3=O. The summed E-state index contributed by atoms with van der Waals surface area (Å²) in [6.07, 6.45) is -2.53. The Morgan fingerprint density at radius 1 is 1.16 bits per heavy atom. The molecule has 0 fully saturated rings. The van der Waals surface area contributed by atoms with Crippen LogP contribution in [-0.4, -0.2) is 64.5 Å². The fourth-order valence-corrected chi connectivity index (χ4v) is 4.20. The van der Waals surface area contributed by atoms with Crippen LogP contribution in [0.5, 0.6) is 5.75 Å². The van der Waals surface area contributed by atoms with E-state index in [-0.39, 0.29) is 18.3 Å². The molecule has 32 heavy (non-hydrogen) atoms. The van der Waals surface area contributed by atoms with E-state index in [9.17, 15) is 19.8 Å². The Bertz CT molecular complexity index is 1210. The van der Waals surface area contributed by atoms with E-state index in [1.807, 2.05) is 13.8 Å². The maximum Gasteiger partial charge on any atom is 0.251 e. The van der Waals surface area contributed by atoms with Gasteiger partial charge in [-0.3, -0.25) is 9.59 Å². The molecule has 0 bridgehead atoms. The van der Waals surface area contributed by atoms with Crippen molar-refractivity contribution in [2.45, 2.75) is 31.5 Å². The number of carbonyl (C=O) groups excluding carboxylic acids is 2. The normalized spacial score (nSPS) is 16.2. The average Bonchev–Trinajstić information content (AvgIpc) is 3.20. The van der Waals surface area contributed by atoms with Crippen molar-refractivity contribution >= 4 is 22.6 Å². The lowest BCUT2D eigenvalue weighted by Gasteiger charge is -2.32. The summed E-state index contributed by atoms with van der Waals surface area (Å²) in [4.78, 5) is 28.8. The standard InChI is InChI=1S/C24H26N2O6/c1-24(2)16-9-13(32-11-19(29)18(28)10-27)5-7-14(16)21(30)20-15-6-4-12(23(31)25-3)8-17(15)26-22(20)24/h4-9,18-19,26-29H,10-11H2,1-3H3,(H,25,31)/t18-,19-/m1/s1. The first-order valence-electron chi connectivity index (χ1n) is 10.4.